The van der Waals surface area contributed by atoms with E-state index in [0.29, 0.717) is 0 Å². The van der Waals surface area contributed by atoms with Gasteiger partial charge in [0.25, 0.3) is 0 Å². The first-order valence-corrected chi connectivity index (χ1v) is 13.5. The highest BCUT2D eigenvalue weighted by molar-refractivity contribution is 6.77. The van der Waals surface area contributed by atoms with Crippen molar-refractivity contribution in [3.63, 3.8) is 0 Å². The molecule has 0 amide bonds. The monoisotopic (exact) mass is 287 g/mol. The van der Waals surface area contributed by atoms with E-state index in [1.54, 1.807) is 0 Å². The molecule has 0 saturated carbocycles. The fourth-order valence-electron chi connectivity index (χ4n) is 2.49. The SMILES string of the molecule is C[Si](C)(C)O[C@@H]1C=CC[C@H]([Si](C)(C)C)[C@H]1[N+](=O)[O-]. The third-order valence-corrected chi connectivity index (χ3v) is 7.09. The van der Waals surface area contributed by atoms with E-state index in [-0.39, 0.29) is 16.6 Å². The summed E-state index contributed by atoms with van der Waals surface area (Å²) < 4.78 is 6.01. The molecule has 1 aliphatic rings. The van der Waals surface area contributed by atoms with Gasteiger partial charge in [0.05, 0.1) is 8.07 Å². The minimum atomic E-state index is -1.76. The van der Waals surface area contributed by atoms with Crippen LogP contribution in [0.1, 0.15) is 6.42 Å². The molecule has 0 unspecified atom stereocenters. The Bertz CT molecular complexity index is 344. The summed E-state index contributed by atoms with van der Waals surface area (Å²) in [6, 6.07) is -0.562. The molecule has 18 heavy (non-hydrogen) atoms. The first-order valence-electron chi connectivity index (χ1n) is 6.50. The molecular formula is C12H25NO3Si2. The Balaban J connectivity index is 3.00. The zero-order valence-electron chi connectivity index (χ0n) is 12.3. The van der Waals surface area contributed by atoms with Crippen molar-refractivity contribution in [3.8, 4) is 0 Å². The summed E-state index contributed by atoms with van der Waals surface area (Å²) in [5.74, 6) is 0. The molecule has 0 aromatic heterocycles. The van der Waals surface area contributed by atoms with Gasteiger partial charge in [-0.2, -0.15) is 0 Å². The van der Waals surface area contributed by atoms with Gasteiger partial charge >= 0.3 is 0 Å². The van der Waals surface area contributed by atoms with E-state index in [1.165, 1.54) is 0 Å². The average molecular weight is 288 g/mol. The van der Waals surface area contributed by atoms with Crippen LogP contribution in [0.5, 0.6) is 0 Å². The number of hydrogen-bond donors (Lipinski definition) is 0. The first kappa shape index (κ1) is 15.6. The van der Waals surface area contributed by atoms with Crippen LogP contribution in [0.15, 0.2) is 12.2 Å². The Morgan fingerprint density at radius 2 is 1.78 bits per heavy atom. The molecule has 3 atom stereocenters. The second kappa shape index (κ2) is 5.26. The van der Waals surface area contributed by atoms with E-state index in [4.69, 9.17) is 4.43 Å². The summed E-state index contributed by atoms with van der Waals surface area (Å²) >= 11 is 0. The van der Waals surface area contributed by atoms with Crippen molar-refractivity contribution in [2.75, 3.05) is 0 Å². The molecule has 104 valence electrons. The van der Waals surface area contributed by atoms with Gasteiger partial charge in [-0.15, -0.1) is 0 Å². The summed E-state index contributed by atoms with van der Waals surface area (Å²) in [6.07, 6.45) is 4.47. The zero-order chi connectivity index (χ0) is 14.1. The van der Waals surface area contributed by atoms with Gasteiger partial charge in [0.15, 0.2) is 8.32 Å². The maximum absolute atomic E-state index is 11.4. The zero-order valence-corrected chi connectivity index (χ0v) is 14.3. The van der Waals surface area contributed by atoms with Gasteiger partial charge < -0.3 is 4.43 Å². The van der Waals surface area contributed by atoms with Crippen molar-refractivity contribution in [1.29, 1.82) is 0 Å². The molecule has 0 aromatic carbocycles. The van der Waals surface area contributed by atoms with Crippen LogP contribution in [0, 0.1) is 10.1 Å². The van der Waals surface area contributed by atoms with Crippen molar-refractivity contribution >= 4 is 16.4 Å². The Hall–Kier alpha value is -0.466. The predicted molar refractivity (Wildman–Crippen MR) is 79.9 cm³/mol. The van der Waals surface area contributed by atoms with Crippen LogP contribution in [0.25, 0.3) is 0 Å². The van der Waals surface area contributed by atoms with E-state index in [9.17, 15) is 10.1 Å². The van der Waals surface area contributed by atoms with Crippen LogP contribution < -0.4 is 0 Å². The smallest absolute Gasteiger partial charge is 0.241 e. The molecule has 1 rings (SSSR count). The largest absolute Gasteiger partial charge is 0.405 e. The molecule has 0 N–H and O–H groups in total. The highest BCUT2D eigenvalue weighted by atomic mass is 28.4. The lowest BCUT2D eigenvalue weighted by atomic mass is 9.99. The van der Waals surface area contributed by atoms with Crippen LogP contribution in [0.4, 0.5) is 0 Å². The van der Waals surface area contributed by atoms with Crippen LogP contribution >= 0.6 is 0 Å². The molecule has 0 fully saturated rings. The molecule has 0 bridgehead atoms. The van der Waals surface area contributed by atoms with E-state index < -0.39 is 22.4 Å². The fraction of sp³-hybridized carbons (Fsp3) is 0.833. The molecule has 0 saturated heterocycles. The van der Waals surface area contributed by atoms with E-state index in [0.717, 1.165) is 6.42 Å². The van der Waals surface area contributed by atoms with Gasteiger partial charge in [0.2, 0.25) is 6.04 Å². The molecule has 4 nitrogen and oxygen atoms in total. The Labute approximate surface area is 112 Å². The topological polar surface area (TPSA) is 52.4 Å². The second-order valence-corrected chi connectivity index (χ2v) is 17.0. The molecular weight excluding hydrogens is 262 g/mol. The van der Waals surface area contributed by atoms with Gasteiger partial charge in [0.1, 0.15) is 6.10 Å². The molecule has 6 heteroatoms. The second-order valence-electron chi connectivity index (χ2n) is 7.11. The van der Waals surface area contributed by atoms with Gasteiger partial charge in [-0.1, -0.05) is 31.8 Å². The lowest BCUT2D eigenvalue weighted by Gasteiger charge is -2.37. The van der Waals surface area contributed by atoms with Gasteiger partial charge in [-0.25, -0.2) is 0 Å². The summed E-state index contributed by atoms with van der Waals surface area (Å²) in [4.78, 5) is 11.3. The normalized spacial score (nSPS) is 29.3. The number of allylic oxidation sites excluding steroid dienone is 1. The molecule has 0 spiro atoms. The van der Waals surface area contributed by atoms with Crippen molar-refractivity contribution in [1.82, 2.24) is 0 Å². The lowest BCUT2D eigenvalue weighted by molar-refractivity contribution is -0.532. The van der Waals surface area contributed by atoms with Crippen molar-refractivity contribution in [3.05, 3.63) is 22.3 Å². The maximum atomic E-state index is 11.4. The number of hydrogen-bond acceptors (Lipinski definition) is 3. The van der Waals surface area contributed by atoms with Crippen LogP contribution in [0.2, 0.25) is 44.8 Å². The van der Waals surface area contributed by atoms with Crippen LogP contribution in [0.3, 0.4) is 0 Å². The fourth-order valence-corrected chi connectivity index (χ4v) is 5.71. The van der Waals surface area contributed by atoms with Crippen molar-refractivity contribution in [2.24, 2.45) is 0 Å². The Morgan fingerprint density at radius 1 is 1.22 bits per heavy atom. The summed E-state index contributed by atoms with van der Waals surface area (Å²) in [6.45, 7) is 12.9. The lowest BCUT2D eigenvalue weighted by Crippen LogP contribution is -2.50. The third kappa shape index (κ3) is 4.03. The maximum Gasteiger partial charge on any atom is 0.241 e. The van der Waals surface area contributed by atoms with Crippen molar-refractivity contribution < 1.29 is 9.35 Å². The quantitative estimate of drug-likeness (QED) is 0.344. The minimum Gasteiger partial charge on any atom is -0.405 e. The summed E-state index contributed by atoms with van der Waals surface area (Å²) in [5.41, 5.74) is 0.166. The third-order valence-electron chi connectivity index (χ3n) is 3.31. The van der Waals surface area contributed by atoms with Gasteiger partial charge in [0, 0.05) is 10.5 Å². The van der Waals surface area contributed by atoms with Gasteiger partial charge in [-0.3, -0.25) is 10.1 Å². The standard InChI is InChI=1S/C12H25NO3Si2/c1-17(2,3)11-9-7-8-10(12(11)13(14)15)16-18(4,5)6/h7-8,10-12H,9H2,1-6H3/t10-,11+,12+/m1/s1. The summed E-state index contributed by atoms with van der Waals surface area (Å²) in [7, 11) is -3.32. The first-order chi connectivity index (χ1) is 8.02. The highest BCUT2D eigenvalue weighted by Crippen LogP contribution is 2.37. The van der Waals surface area contributed by atoms with Gasteiger partial charge in [-0.05, 0) is 26.1 Å². The molecule has 0 radical (unpaired) electrons. The van der Waals surface area contributed by atoms with E-state index in [1.807, 2.05) is 6.08 Å². The number of nitrogens with zero attached hydrogens (tertiary/aromatic N) is 1. The average Bonchev–Trinajstić information content (AvgIpc) is 2.12. The number of nitro groups is 1. The molecule has 0 heterocycles. The molecule has 0 aliphatic heterocycles. The number of rotatable bonds is 4. The summed E-state index contributed by atoms with van der Waals surface area (Å²) in [5, 5.41) is 11.4. The Morgan fingerprint density at radius 3 is 2.17 bits per heavy atom. The predicted octanol–water partition coefficient (Wildman–Crippen LogP) is 3.52. The van der Waals surface area contributed by atoms with Crippen LogP contribution in [-0.4, -0.2) is 33.5 Å². The van der Waals surface area contributed by atoms with E-state index in [2.05, 4.69) is 45.4 Å². The molecule has 0 aromatic rings. The molecule has 1 aliphatic carbocycles. The minimum absolute atomic E-state index is 0.114. The highest BCUT2D eigenvalue weighted by Gasteiger charge is 2.47. The van der Waals surface area contributed by atoms with Crippen LogP contribution in [-0.2, 0) is 4.43 Å². The van der Waals surface area contributed by atoms with E-state index >= 15 is 0 Å². The van der Waals surface area contributed by atoms with Crippen molar-refractivity contribution in [2.45, 2.75) is 63.4 Å². The Kier molecular flexibility index (Phi) is 4.56.